The largest absolute Gasteiger partial charge is 0.346 e. The third kappa shape index (κ3) is 12.6. The van der Waals surface area contributed by atoms with Crippen LogP contribution in [0, 0.1) is 0 Å². The molecular weight excluding hydrogens is 138 g/mol. The molecule has 0 aromatic carbocycles. The summed E-state index contributed by atoms with van der Waals surface area (Å²) in [7, 11) is 1.81. The summed E-state index contributed by atoms with van der Waals surface area (Å²) >= 11 is 0. The van der Waals surface area contributed by atoms with Gasteiger partial charge in [-0.2, -0.15) is 0 Å². The molecule has 0 unspecified atom stereocenters. The van der Waals surface area contributed by atoms with E-state index < -0.39 is 0 Å². The summed E-state index contributed by atoms with van der Waals surface area (Å²) < 4.78 is 0. The third-order valence-corrected chi connectivity index (χ3v) is 1.10. The van der Waals surface area contributed by atoms with Crippen LogP contribution < -0.4 is 0 Å². The van der Waals surface area contributed by atoms with Gasteiger partial charge in [-0.3, -0.25) is 4.79 Å². The van der Waals surface area contributed by atoms with Crippen molar-refractivity contribution in [3.05, 3.63) is 0 Å². The van der Waals surface area contributed by atoms with Gasteiger partial charge in [0, 0.05) is 20.5 Å². The lowest BCUT2D eigenvalue weighted by Gasteiger charge is -2.11. The number of amides is 1. The third-order valence-electron chi connectivity index (χ3n) is 1.10. The molecule has 0 aliphatic carbocycles. The average Bonchev–Trinajstić information content (AvgIpc) is 1.67. The van der Waals surface area contributed by atoms with Gasteiger partial charge in [-0.05, 0) is 6.42 Å². The minimum Gasteiger partial charge on any atom is -0.346 e. The second-order valence-electron chi connectivity index (χ2n) is 1.94. The zero-order valence-electron chi connectivity index (χ0n) is 5.77. The Kier molecular flexibility index (Phi) is 24.8. The highest BCUT2D eigenvalue weighted by Crippen LogP contribution is 1.84. The van der Waals surface area contributed by atoms with Crippen LogP contribution in [-0.2, 0) is 4.79 Å². The molecule has 0 atom stereocenters. The molecule has 0 aliphatic rings. The molecular formula is C9H25NO. The molecule has 2 heteroatoms. The van der Waals surface area contributed by atoms with Crippen LogP contribution in [-0.4, -0.2) is 24.4 Å². The molecule has 0 radical (unpaired) electrons. The lowest BCUT2D eigenvalue weighted by molar-refractivity contribution is -0.127. The van der Waals surface area contributed by atoms with E-state index in [0.717, 1.165) is 13.0 Å². The first-order valence-electron chi connectivity index (χ1n) is 2.90. The fraction of sp³-hybridized carbons (Fsp3) is 0.889. The predicted molar refractivity (Wildman–Crippen MR) is 53.8 cm³/mol. The maximum atomic E-state index is 10.5. The van der Waals surface area contributed by atoms with Crippen molar-refractivity contribution in [1.29, 1.82) is 0 Å². The van der Waals surface area contributed by atoms with Crippen LogP contribution in [0.1, 0.15) is 42.5 Å². The van der Waals surface area contributed by atoms with Gasteiger partial charge in [0.2, 0.25) is 5.91 Å². The average molecular weight is 163 g/mol. The van der Waals surface area contributed by atoms with Crippen LogP contribution in [0.5, 0.6) is 0 Å². The van der Waals surface area contributed by atoms with E-state index in [1.54, 1.807) is 11.8 Å². The summed E-state index contributed by atoms with van der Waals surface area (Å²) in [6, 6.07) is 0. The molecule has 0 bridgehead atoms. The maximum absolute atomic E-state index is 10.5. The van der Waals surface area contributed by atoms with Gasteiger partial charge in [0.25, 0.3) is 0 Å². The van der Waals surface area contributed by atoms with Crippen molar-refractivity contribution >= 4 is 5.91 Å². The number of nitrogens with zero attached hydrogens (tertiary/aromatic N) is 1. The van der Waals surface area contributed by atoms with E-state index in [2.05, 4.69) is 6.92 Å². The SMILES string of the molecule is C.C.C.CCCN(C)C(C)=O. The van der Waals surface area contributed by atoms with E-state index in [0.29, 0.717) is 0 Å². The first kappa shape index (κ1) is 22.4. The Labute approximate surface area is 72.6 Å². The molecule has 0 aliphatic heterocycles. The molecule has 0 fully saturated rings. The maximum Gasteiger partial charge on any atom is 0.219 e. The summed E-state index contributed by atoms with van der Waals surface area (Å²) in [5.74, 6) is 0.145. The Morgan fingerprint density at radius 1 is 1.27 bits per heavy atom. The topological polar surface area (TPSA) is 20.3 Å². The Balaban J connectivity index is -0.0000000817. The Morgan fingerprint density at radius 2 is 1.64 bits per heavy atom. The molecule has 0 aromatic rings. The van der Waals surface area contributed by atoms with Crippen LogP contribution in [0.3, 0.4) is 0 Å². The quantitative estimate of drug-likeness (QED) is 0.613. The van der Waals surface area contributed by atoms with E-state index in [4.69, 9.17) is 0 Å². The van der Waals surface area contributed by atoms with E-state index in [1.165, 1.54) is 0 Å². The summed E-state index contributed by atoms with van der Waals surface area (Å²) in [4.78, 5) is 12.2. The number of hydrogen-bond donors (Lipinski definition) is 0. The zero-order valence-corrected chi connectivity index (χ0v) is 5.77. The number of carbonyl (C=O) groups is 1. The summed E-state index contributed by atoms with van der Waals surface area (Å²) in [6.07, 6.45) is 1.04. The van der Waals surface area contributed by atoms with Gasteiger partial charge in [0.05, 0.1) is 0 Å². The van der Waals surface area contributed by atoms with Crippen molar-refractivity contribution in [3.8, 4) is 0 Å². The predicted octanol–water partition coefficient (Wildman–Crippen LogP) is 2.78. The lowest BCUT2D eigenvalue weighted by atomic mass is 10.4. The van der Waals surface area contributed by atoms with Crippen LogP contribution in [0.25, 0.3) is 0 Å². The number of hydrogen-bond acceptors (Lipinski definition) is 1. The molecule has 0 rings (SSSR count). The van der Waals surface area contributed by atoms with Gasteiger partial charge in [-0.1, -0.05) is 29.2 Å². The highest BCUT2D eigenvalue weighted by atomic mass is 16.2. The summed E-state index contributed by atoms with van der Waals surface area (Å²) in [5.41, 5.74) is 0. The number of rotatable bonds is 2. The zero-order chi connectivity index (χ0) is 6.57. The lowest BCUT2D eigenvalue weighted by Crippen LogP contribution is -2.24. The van der Waals surface area contributed by atoms with Crippen LogP contribution >= 0.6 is 0 Å². The van der Waals surface area contributed by atoms with E-state index >= 15 is 0 Å². The molecule has 0 aromatic heterocycles. The van der Waals surface area contributed by atoms with E-state index in [-0.39, 0.29) is 28.2 Å². The molecule has 11 heavy (non-hydrogen) atoms. The summed E-state index contributed by atoms with van der Waals surface area (Å²) in [6.45, 7) is 4.50. The first-order chi connectivity index (χ1) is 3.68. The normalized spacial score (nSPS) is 6.45. The monoisotopic (exact) mass is 163 g/mol. The van der Waals surface area contributed by atoms with Gasteiger partial charge in [0.1, 0.15) is 0 Å². The fourth-order valence-electron chi connectivity index (χ4n) is 0.493. The molecule has 0 saturated carbocycles. The van der Waals surface area contributed by atoms with Gasteiger partial charge < -0.3 is 4.90 Å². The molecule has 2 nitrogen and oxygen atoms in total. The van der Waals surface area contributed by atoms with Crippen molar-refractivity contribution in [1.82, 2.24) is 4.90 Å². The van der Waals surface area contributed by atoms with Crippen LogP contribution in [0.2, 0.25) is 0 Å². The Hall–Kier alpha value is -0.530. The molecule has 0 N–H and O–H groups in total. The second kappa shape index (κ2) is 12.2. The van der Waals surface area contributed by atoms with Crippen molar-refractivity contribution < 1.29 is 4.79 Å². The fourth-order valence-corrected chi connectivity index (χ4v) is 0.493. The first-order valence-corrected chi connectivity index (χ1v) is 2.90. The van der Waals surface area contributed by atoms with E-state index in [9.17, 15) is 4.79 Å². The van der Waals surface area contributed by atoms with Gasteiger partial charge in [0.15, 0.2) is 0 Å². The van der Waals surface area contributed by atoms with Gasteiger partial charge in [-0.15, -0.1) is 0 Å². The smallest absolute Gasteiger partial charge is 0.219 e. The molecule has 72 valence electrons. The van der Waals surface area contributed by atoms with Crippen molar-refractivity contribution in [2.45, 2.75) is 42.5 Å². The molecule has 0 heterocycles. The molecule has 0 spiro atoms. The minimum atomic E-state index is 0. The van der Waals surface area contributed by atoms with Crippen LogP contribution in [0.15, 0.2) is 0 Å². The number of carbonyl (C=O) groups excluding carboxylic acids is 1. The highest BCUT2D eigenvalue weighted by molar-refractivity contribution is 5.72. The molecule has 1 amide bonds. The Morgan fingerprint density at radius 3 is 1.73 bits per heavy atom. The van der Waals surface area contributed by atoms with E-state index in [1.807, 2.05) is 7.05 Å². The van der Waals surface area contributed by atoms with Gasteiger partial charge in [-0.25, -0.2) is 0 Å². The van der Waals surface area contributed by atoms with Gasteiger partial charge >= 0.3 is 0 Å². The van der Waals surface area contributed by atoms with Crippen LogP contribution in [0.4, 0.5) is 0 Å². The summed E-state index contributed by atoms with van der Waals surface area (Å²) in [5, 5.41) is 0. The second-order valence-corrected chi connectivity index (χ2v) is 1.94. The highest BCUT2D eigenvalue weighted by Gasteiger charge is 1.96. The van der Waals surface area contributed by atoms with Crippen molar-refractivity contribution in [3.63, 3.8) is 0 Å². The minimum absolute atomic E-state index is 0. The van der Waals surface area contributed by atoms with Crippen molar-refractivity contribution in [2.75, 3.05) is 13.6 Å². The molecule has 0 saturated heterocycles. The Bertz CT molecular complexity index is 81.6. The van der Waals surface area contributed by atoms with Crippen molar-refractivity contribution in [2.24, 2.45) is 0 Å². The standard InChI is InChI=1S/C6H13NO.3CH4/c1-4-5-7(3)6(2)8;;;/h4-5H2,1-3H3;3*1H4.